The van der Waals surface area contributed by atoms with Crippen LogP contribution in [0.1, 0.15) is 10.4 Å². The van der Waals surface area contributed by atoms with Crippen LogP contribution in [0.15, 0.2) is 28.1 Å². The van der Waals surface area contributed by atoms with Gasteiger partial charge in [-0.05, 0) is 45.9 Å². The number of nitrogens with one attached hydrogen (secondary N) is 1. The van der Waals surface area contributed by atoms with Crippen molar-refractivity contribution in [3.63, 3.8) is 0 Å². The molecule has 0 aliphatic carbocycles. The molecule has 2 rings (SSSR count). The second-order valence-corrected chi connectivity index (χ2v) is 6.51. The van der Waals surface area contributed by atoms with Gasteiger partial charge in [-0.3, -0.25) is 0 Å². The van der Waals surface area contributed by atoms with Gasteiger partial charge < -0.3 is 10.1 Å². The Kier molecular flexibility index (Phi) is 5.84. The smallest absolute Gasteiger partial charge is 0.145 e. The van der Waals surface area contributed by atoms with Crippen molar-refractivity contribution in [1.29, 1.82) is 0 Å². The van der Waals surface area contributed by atoms with E-state index in [0.29, 0.717) is 23.4 Å². The maximum absolute atomic E-state index is 13.3. The zero-order valence-electron chi connectivity index (χ0n) is 10.9. The van der Waals surface area contributed by atoms with Crippen LogP contribution in [0, 0.1) is 12.7 Å². The van der Waals surface area contributed by atoms with E-state index in [1.165, 1.54) is 22.6 Å². The van der Waals surface area contributed by atoms with Gasteiger partial charge in [-0.15, -0.1) is 11.3 Å². The lowest BCUT2D eigenvalue weighted by atomic mass is 10.3. The van der Waals surface area contributed by atoms with E-state index in [1.807, 2.05) is 0 Å². The highest BCUT2D eigenvalue weighted by atomic mass is 79.9. The van der Waals surface area contributed by atoms with Crippen LogP contribution >= 0.6 is 38.9 Å². The second-order valence-electron chi connectivity index (χ2n) is 4.25. The molecule has 0 aliphatic heterocycles. The fourth-order valence-electron chi connectivity index (χ4n) is 1.64. The van der Waals surface area contributed by atoms with Crippen LogP contribution in [0.4, 0.5) is 4.39 Å². The summed E-state index contributed by atoms with van der Waals surface area (Å²) in [6.07, 6.45) is 0. The van der Waals surface area contributed by atoms with Gasteiger partial charge in [-0.1, -0.05) is 11.6 Å². The van der Waals surface area contributed by atoms with E-state index in [1.54, 1.807) is 11.3 Å². The second kappa shape index (κ2) is 7.41. The molecule has 0 bridgehead atoms. The number of hydrogen-bond donors (Lipinski definition) is 1. The Morgan fingerprint density at radius 3 is 2.95 bits per heavy atom. The molecular formula is C14H14BrClFNOS. The minimum absolute atomic E-state index is 0.0792. The van der Waals surface area contributed by atoms with Crippen molar-refractivity contribution in [1.82, 2.24) is 5.32 Å². The summed E-state index contributed by atoms with van der Waals surface area (Å²) < 4.78 is 19.5. The van der Waals surface area contributed by atoms with E-state index in [2.05, 4.69) is 39.6 Å². The van der Waals surface area contributed by atoms with Gasteiger partial charge in [0.1, 0.15) is 18.2 Å². The summed E-state index contributed by atoms with van der Waals surface area (Å²) in [5.74, 6) is -0.0203. The molecule has 6 heteroatoms. The highest BCUT2D eigenvalue weighted by Gasteiger charge is 2.07. The van der Waals surface area contributed by atoms with Crippen LogP contribution in [0.5, 0.6) is 5.75 Å². The third-order valence-electron chi connectivity index (χ3n) is 2.76. The average Bonchev–Trinajstić information content (AvgIpc) is 2.80. The third-order valence-corrected chi connectivity index (χ3v) is 4.70. The van der Waals surface area contributed by atoms with Crippen LogP contribution in [-0.4, -0.2) is 13.2 Å². The van der Waals surface area contributed by atoms with Crippen molar-refractivity contribution in [2.45, 2.75) is 13.5 Å². The molecule has 0 saturated heterocycles. The molecule has 0 unspecified atom stereocenters. The highest BCUT2D eigenvalue weighted by Crippen LogP contribution is 2.30. The van der Waals surface area contributed by atoms with Crippen molar-refractivity contribution in [3.05, 3.63) is 49.3 Å². The number of aryl methyl sites for hydroxylation is 1. The standard InChI is InChI=1S/C14H14BrClFNOS/c1-9-2-5-20-14(9)8-18-3-4-19-13-7-12(17)11(16)6-10(13)15/h2,5-7,18H,3-4,8H2,1H3. The molecule has 20 heavy (non-hydrogen) atoms. The molecule has 108 valence electrons. The summed E-state index contributed by atoms with van der Waals surface area (Å²) in [6, 6.07) is 4.89. The number of hydrogen-bond acceptors (Lipinski definition) is 3. The minimum atomic E-state index is -0.480. The molecular weight excluding hydrogens is 365 g/mol. The molecule has 0 fully saturated rings. The summed E-state index contributed by atoms with van der Waals surface area (Å²) in [5, 5.41) is 5.45. The number of thiophene rings is 1. The van der Waals surface area contributed by atoms with Gasteiger partial charge in [0.2, 0.25) is 0 Å². The molecule has 0 saturated carbocycles. The molecule has 0 radical (unpaired) electrons. The van der Waals surface area contributed by atoms with Crippen LogP contribution in [0.25, 0.3) is 0 Å². The first-order valence-electron chi connectivity index (χ1n) is 6.09. The highest BCUT2D eigenvalue weighted by molar-refractivity contribution is 9.10. The van der Waals surface area contributed by atoms with Crippen LogP contribution < -0.4 is 10.1 Å². The van der Waals surface area contributed by atoms with Gasteiger partial charge >= 0.3 is 0 Å². The molecule has 0 spiro atoms. The molecule has 1 aromatic heterocycles. The fraction of sp³-hybridized carbons (Fsp3) is 0.286. The number of rotatable bonds is 6. The lowest BCUT2D eigenvalue weighted by molar-refractivity contribution is 0.310. The molecule has 1 N–H and O–H groups in total. The van der Waals surface area contributed by atoms with Crippen molar-refractivity contribution < 1.29 is 9.13 Å². The Morgan fingerprint density at radius 2 is 2.25 bits per heavy atom. The predicted molar refractivity (Wildman–Crippen MR) is 85.4 cm³/mol. The molecule has 1 heterocycles. The average molecular weight is 379 g/mol. The molecule has 2 nitrogen and oxygen atoms in total. The van der Waals surface area contributed by atoms with E-state index >= 15 is 0 Å². The number of halogens is 3. The SMILES string of the molecule is Cc1ccsc1CNCCOc1cc(F)c(Cl)cc1Br. The third kappa shape index (κ3) is 4.19. The lowest BCUT2D eigenvalue weighted by Crippen LogP contribution is -2.20. The van der Waals surface area contributed by atoms with Crippen molar-refractivity contribution in [2.24, 2.45) is 0 Å². The predicted octanol–water partition coefficient (Wildman–Crippen LogP) is 4.78. The van der Waals surface area contributed by atoms with Crippen molar-refractivity contribution in [2.75, 3.05) is 13.2 Å². The summed E-state index contributed by atoms with van der Waals surface area (Å²) in [6.45, 7) is 4.07. The molecule has 0 atom stereocenters. The largest absolute Gasteiger partial charge is 0.491 e. The number of benzene rings is 1. The first-order chi connectivity index (χ1) is 9.58. The Morgan fingerprint density at radius 1 is 1.45 bits per heavy atom. The lowest BCUT2D eigenvalue weighted by Gasteiger charge is -2.10. The summed E-state index contributed by atoms with van der Waals surface area (Å²) >= 11 is 10.7. The van der Waals surface area contributed by atoms with E-state index in [4.69, 9.17) is 16.3 Å². The molecule has 1 aromatic carbocycles. The summed E-state index contributed by atoms with van der Waals surface area (Å²) in [7, 11) is 0. The zero-order valence-corrected chi connectivity index (χ0v) is 14.0. The van der Waals surface area contributed by atoms with Gasteiger partial charge in [0, 0.05) is 24.0 Å². The quantitative estimate of drug-likeness (QED) is 0.577. The summed E-state index contributed by atoms with van der Waals surface area (Å²) in [5.41, 5.74) is 1.30. The Balaban J connectivity index is 1.76. The molecule has 0 aliphatic rings. The van der Waals surface area contributed by atoms with Crippen LogP contribution in [0.3, 0.4) is 0 Å². The van der Waals surface area contributed by atoms with Crippen molar-refractivity contribution in [3.8, 4) is 5.75 Å². The minimum Gasteiger partial charge on any atom is -0.491 e. The Labute approximate surface area is 135 Å². The number of ether oxygens (including phenoxy) is 1. The molecule has 0 amide bonds. The molecule has 2 aromatic rings. The maximum Gasteiger partial charge on any atom is 0.145 e. The van der Waals surface area contributed by atoms with E-state index in [-0.39, 0.29) is 5.02 Å². The van der Waals surface area contributed by atoms with Gasteiger partial charge in [-0.25, -0.2) is 4.39 Å². The van der Waals surface area contributed by atoms with Gasteiger partial charge in [0.25, 0.3) is 0 Å². The first-order valence-corrected chi connectivity index (χ1v) is 8.14. The van der Waals surface area contributed by atoms with Gasteiger partial charge in [0.15, 0.2) is 0 Å². The normalized spacial score (nSPS) is 10.8. The zero-order chi connectivity index (χ0) is 14.5. The van der Waals surface area contributed by atoms with Crippen molar-refractivity contribution >= 4 is 38.9 Å². The monoisotopic (exact) mass is 377 g/mol. The van der Waals surface area contributed by atoms with Crippen LogP contribution in [0.2, 0.25) is 5.02 Å². The van der Waals surface area contributed by atoms with Crippen LogP contribution in [-0.2, 0) is 6.54 Å². The Hall–Kier alpha value is -0.620. The first kappa shape index (κ1) is 15.8. The van der Waals surface area contributed by atoms with E-state index < -0.39 is 5.82 Å². The summed E-state index contributed by atoms with van der Waals surface area (Å²) in [4.78, 5) is 1.32. The van der Waals surface area contributed by atoms with Gasteiger partial charge in [0.05, 0.1) is 9.50 Å². The Bertz CT molecular complexity index is 591. The van der Waals surface area contributed by atoms with Gasteiger partial charge in [-0.2, -0.15) is 0 Å². The maximum atomic E-state index is 13.3. The van der Waals surface area contributed by atoms with E-state index in [0.717, 1.165) is 6.54 Å². The fourth-order valence-corrected chi connectivity index (χ4v) is 3.26. The van der Waals surface area contributed by atoms with E-state index in [9.17, 15) is 4.39 Å². The topological polar surface area (TPSA) is 21.3 Å².